The first-order valence-corrected chi connectivity index (χ1v) is 38.7. The smallest absolute Gasteiger partial charge is 2.00 e. The SMILES string of the molecule is CCOCC.CC[N+](CC)(CC)CC.CC[N+](CC)(CC)CC.CC[N+](CC)(CC)CC.CN(C)C=O.CN(C)C=O.CN(C)C=O.CN(C)C=O.C[S-].C[S-].C[S-].Cc1cc(C)n([BH-](n2nc(C)cc2C)n2nc(C)cc2C)n1.Cc1cc(C)n([BH-](n2nc(C)cc2C)n2nc(C)cc2C)n1.[Fe+2].[Fe+2].[Fe+2].[Fe+2].[Fe+2].[Fe+2].[S-2].[S-2].[S-2].[S-2].[S-2].[S-2].[Se-2].[Se-2].[W].[W]. The van der Waals surface area contributed by atoms with Crippen molar-refractivity contribution in [3.63, 3.8) is 0 Å². The van der Waals surface area contributed by atoms with Gasteiger partial charge in [0.1, 0.15) is 0 Å². The second kappa shape index (κ2) is 109. The van der Waals surface area contributed by atoms with Gasteiger partial charge in [0.2, 0.25) is 25.6 Å². The van der Waals surface area contributed by atoms with Gasteiger partial charge in [-0.1, -0.05) is 0 Å². The van der Waals surface area contributed by atoms with Crippen molar-refractivity contribution < 1.29 is 182 Å². The summed E-state index contributed by atoms with van der Waals surface area (Å²) in [6, 6.07) is 12.6. The average Bonchev–Trinajstić information content (AvgIpc) is 1.64. The van der Waals surface area contributed by atoms with Crippen molar-refractivity contribution in [2.24, 2.45) is 0 Å². The van der Waals surface area contributed by atoms with Gasteiger partial charge in [0.25, 0.3) is 0 Å². The standard InChI is InChI=1S/2C15H22BN6.3C8H20N.C4H10O.4C3H7NO.3CH4S.6Fe.6S.2Se.2W/c2*1-10-7-13(4)20(17-10)16(21-14(5)8-11(2)18-21)22-15(6)9-12(3)19-22;3*1-5-9(6-2,7-3)8-4;1-3-5-4-2;4*1-4(2)3-5;3*1-2;;;;;;;;;;;;;;;;/h2*7-9,16H,1-6H3;3*5-8H2,1-4H3;3-4H2,1-2H3;4*3H,1-2H3;3*2H,1H3;;;;;;;;;;;;;;;;/q2*-1;3*+1;;;;;;;;;6*+2;8*-2;;/p-3. The van der Waals surface area contributed by atoms with Crippen molar-refractivity contribution in [2.75, 3.05) is 167 Å². The molecule has 0 unspecified atom stereocenters. The van der Waals surface area contributed by atoms with Gasteiger partial charge >= 0.3 is 117 Å². The molecule has 0 aromatic carbocycles. The summed E-state index contributed by atoms with van der Waals surface area (Å²) >= 11 is 12.2. The Hall–Kier alpha value is 1.79. The van der Waals surface area contributed by atoms with Crippen LogP contribution in [-0.2, 0) is 287 Å². The van der Waals surface area contributed by atoms with E-state index in [9.17, 15) is 19.2 Å². The average molecular weight is 2550 g/mol. The summed E-state index contributed by atoms with van der Waals surface area (Å²) in [7, 11) is 11.0. The minimum atomic E-state index is -1.26. The largest absolute Gasteiger partial charge is 2.00 e. The maximum atomic E-state index is 9.43. The van der Waals surface area contributed by atoms with Crippen LogP contribution in [0.15, 0.2) is 36.4 Å². The van der Waals surface area contributed by atoms with E-state index in [0.29, 0.717) is 0 Å². The van der Waals surface area contributed by atoms with Gasteiger partial charge < -0.3 is 218 Å². The van der Waals surface area contributed by atoms with Crippen molar-refractivity contribution in [1.82, 2.24) is 77.7 Å². The zero-order chi connectivity index (χ0) is 81.3. The number of rotatable bonds is 24. The van der Waals surface area contributed by atoms with Crippen LogP contribution < -0.4 is 0 Å². The molecule has 45 heteroatoms. The topological polar surface area (TPSA) is 197 Å². The van der Waals surface area contributed by atoms with E-state index in [0.717, 1.165) is 107 Å². The molecule has 0 fully saturated rings. The third kappa shape index (κ3) is 77.7. The summed E-state index contributed by atoms with van der Waals surface area (Å²) in [6.07, 6.45) is 7.75. The van der Waals surface area contributed by atoms with Gasteiger partial charge in [-0.25, -0.2) is 30.6 Å². The summed E-state index contributed by atoms with van der Waals surface area (Å²) in [5.74, 6) is 0. The molecule has 0 radical (unpaired) electrons. The first-order valence-electron chi connectivity index (χ1n) is 36.3. The van der Waals surface area contributed by atoms with E-state index in [4.69, 9.17) is 35.3 Å². The second-order valence-electron chi connectivity index (χ2n) is 25.3. The Kier molecular flexibility index (Phi) is 167. The first-order chi connectivity index (χ1) is 47.9. The Labute approximate surface area is 893 Å². The van der Waals surface area contributed by atoms with Crippen LogP contribution in [0.1, 0.15) is 165 Å². The van der Waals surface area contributed by atoms with Crippen LogP contribution in [0.2, 0.25) is 0 Å². The maximum absolute atomic E-state index is 9.43. The van der Waals surface area contributed by atoms with Crippen LogP contribution in [0.25, 0.3) is 0 Å². The molecule has 0 saturated carbocycles. The fraction of sp³-hybridized carbons (Fsp3) is 0.699. The number of hydrogen-bond donors (Lipinski definition) is 0. The van der Waals surface area contributed by atoms with Crippen molar-refractivity contribution in [3.05, 3.63) is 105 Å². The number of ether oxygens (including phenoxy) is 1. The number of nitrogens with zero attached hydrogens (tertiary/aromatic N) is 19. The summed E-state index contributed by atoms with van der Waals surface area (Å²) in [5.41, 5.74) is 12.8. The molecule has 706 valence electrons. The molecule has 0 N–H and O–H groups in total. The van der Waals surface area contributed by atoms with E-state index < -0.39 is 14.2 Å². The minimum Gasteiger partial charge on any atom is -2.00 e. The quantitative estimate of drug-likeness (QED) is 0.0241. The summed E-state index contributed by atoms with van der Waals surface area (Å²) in [5, 5.41) is 28.2. The number of aryl methyl sites for hydroxylation is 12. The number of aromatic nitrogens is 12. The summed E-state index contributed by atoms with van der Waals surface area (Å²) < 4.78 is 21.0. The first kappa shape index (κ1) is 180. The van der Waals surface area contributed by atoms with Crippen molar-refractivity contribution >= 4 is 193 Å². The molecular formula is C73H151B2Fe6N19O5S9Se2W2-6. The van der Waals surface area contributed by atoms with Gasteiger partial charge in [0, 0.05) is 112 Å². The van der Waals surface area contributed by atoms with Crippen molar-refractivity contribution in [2.45, 2.75) is 180 Å². The molecule has 0 spiro atoms. The molecule has 6 aromatic heterocycles. The molecule has 0 aliphatic carbocycles. The van der Waals surface area contributed by atoms with Crippen LogP contribution in [-0.4, -0.2) is 332 Å². The fourth-order valence-electron chi connectivity index (χ4n) is 10.8. The maximum Gasteiger partial charge on any atom is 2.00 e. The summed E-state index contributed by atoms with van der Waals surface area (Å²) in [6.45, 7) is 72.9. The van der Waals surface area contributed by atoms with Crippen LogP contribution in [0.4, 0.5) is 0 Å². The number of carbonyl (C=O) groups excluding carboxylic acids is 4. The van der Waals surface area contributed by atoms with Gasteiger partial charge in [-0.3, -0.25) is 19.2 Å². The Morgan fingerprint density at radius 3 is 0.415 bits per heavy atom. The molecule has 24 nitrogen and oxygen atoms in total. The van der Waals surface area contributed by atoms with Crippen LogP contribution in [0, 0.1) is 83.1 Å². The van der Waals surface area contributed by atoms with Crippen molar-refractivity contribution in [3.8, 4) is 0 Å². The van der Waals surface area contributed by atoms with E-state index in [1.807, 2.05) is 55.4 Å². The van der Waals surface area contributed by atoms with Gasteiger partial charge in [0.15, 0.2) is 0 Å². The third-order valence-electron chi connectivity index (χ3n) is 17.5. The van der Waals surface area contributed by atoms with E-state index >= 15 is 0 Å². The summed E-state index contributed by atoms with van der Waals surface area (Å²) in [4.78, 5) is 43.5. The van der Waals surface area contributed by atoms with Gasteiger partial charge in [0.05, 0.1) is 113 Å². The predicted molar refractivity (Wildman–Crippen MR) is 501 cm³/mol. The number of amides is 4. The zero-order valence-corrected chi connectivity index (χ0v) is 101. The van der Waals surface area contributed by atoms with Crippen molar-refractivity contribution in [1.29, 1.82) is 0 Å². The normalized spacial score (nSPS) is 8.73. The van der Waals surface area contributed by atoms with E-state index in [1.165, 1.54) is 112 Å². The van der Waals surface area contributed by atoms with Crippen LogP contribution in [0.3, 0.4) is 0 Å². The Balaban J connectivity index is -0.0000000418. The van der Waals surface area contributed by atoms with Crippen LogP contribution >= 0.6 is 0 Å². The minimum absolute atomic E-state index is 0. The van der Waals surface area contributed by atoms with Gasteiger partial charge in [-0.15, -0.1) is 0 Å². The molecule has 6 rings (SSSR count). The molecule has 6 aromatic rings. The van der Waals surface area contributed by atoms with Gasteiger partial charge in [-0.2, -0.15) is 18.8 Å². The van der Waals surface area contributed by atoms with E-state index in [1.54, 1.807) is 75.1 Å². The Morgan fingerprint density at radius 1 is 0.288 bits per heavy atom. The Morgan fingerprint density at radius 2 is 0.381 bits per heavy atom. The molecule has 0 aliphatic rings. The molecule has 0 bridgehead atoms. The molecule has 0 saturated heterocycles. The number of quaternary nitrogens is 3. The molecule has 0 aliphatic heterocycles. The van der Waals surface area contributed by atoms with Crippen LogP contribution in [0.5, 0.6) is 0 Å². The van der Waals surface area contributed by atoms with E-state index in [2.05, 4.69) is 226 Å². The molecular weight excluding hydrogens is 2390 g/mol. The Bertz CT molecular complexity index is 2560. The molecule has 6 heterocycles. The number of hydrogen-bond acceptors (Lipinski definition) is 14. The predicted octanol–water partition coefficient (Wildman–Crippen LogP) is 8.78. The van der Waals surface area contributed by atoms with E-state index in [-0.39, 0.29) is 260 Å². The number of carbonyl (C=O) groups is 4. The fourth-order valence-corrected chi connectivity index (χ4v) is 10.8. The monoisotopic (exact) mass is 2550 g/mol. The second-order valence-corrected chi connectivity index (χ2v) is 25.3. The third-order valence-corrected chi connectivity index (χ3v) is 17.5. The zero-order valence-electron chi connectivity index (χ0n) is 78.1. The molecule has 4 amide bonds. The van der Waals surface area contributed by atoms with Gasteiger partial charge in [-0.05, 0) is 251 Å². The molecule has 0 atom stereocenters. The molecule has 118 heavy (non-hydrogen) atoms.